The fourth-order valence-electron chi connectivity index (χ4n) is 2.40. The van der Waals surface area contributed by atoms with Gasteiger partial charge in [0.15, 0.2) is 0 Å². The smallest absolute Gasteiger partial charge is 0.251 e. The molecule has 1 aromatic carbocycles. The number of aliphatic hydroxyl groups is 1. The van der Waals surface area contributed by atoms with Crippen LogP contribution >= 0.6 is 0 Å². The highest BCUT2D eigenvalue weighted by atomic mass is 16.3. The summed E-state index contributed by atoms with van der Waals surface area (Å²) >= 11 is 0. The van der Waals surface area contributed by atoms with Gasteiger partial charge in [-0.1, -0.05) is 26.3 Å². The van der Waals surface area contributed by atoms with Crippen LogP contribution in [0.1, 0.15) is 44.5 Å². The van der Waals surface area contributed by atoms with Crippen LogP contribution in [0.25, 0.3) is 10.9 Å². The number of carbonyl (C=O) groups is 1. The Balaban J connectivity index is 2.23. The fourth-order valence-corrected chi connectivity index (χ4v) is 2.40. The number of hydrogen-bond acceptors (Lipinski definition) is 5. The number of rotatable bonds is 7. The predicted octanol–water partition coefficient (Wildman–Crippen LogP) is 2.59. The number of anilines is 1. The van der Waals surface area contributed by atoms with E-state index in [0.717, 1.165) is 11.8 Å². The number of nitrogens with one attached hydrogen (secondary N) is 2. The number of benzene rings is 1. The van der Waals surface area contributed by atoms with E-state index in [1.807, 2.05) is 33.8 Å². The third-order valence-corrected chi connectivity index (χ3v) is 4.11. The summed E-state index contributed by atoms with van der Waals surface area (Å²) in [7, 11) is 0. The molecule has 0 bridgehead atoms. The number of nitrogens with zero attached hydrogens (tertiary/aromatic N) is 2. The molecule has 24 heavy (non-hydrogen) atoms. The van der Waals surface area contributed by atoms with E-state index in [-0.39, 0.29) is 30.5 Å². The Morgan fingerprint density at radius 1 is 1.29 bits per heavy atom. The van der Waals surface area contributed by atoms with Gasteiger partial charge in [0.2, 0.25) is 5.95 Å². The van der Waals surface area contributed by atoms with Gasteiger partial charge < -0.3 is 15.7 Å². The highest BCUT2D eigenvalue weighted by Gasteiger charge is 2.18. The summed E-state index contributed by atoms with van der Waals surface area (Å²) in [5.74, 6) is 0.555. The second kappa shape index (κ2) is 8.06. The van der Waals surface area contributed by atoms with Crippen molar-refractivity contribution in [2.75, 3.05) is 11.9 Å². The highest BCUT2D eigenvalue weighted by molar-refractivity contribution is 5.98. The van der Waals surface area contributed by atoms with Gasteiger partial charge in [-0.3, -0.25) is 4.79 Å². The monoisotopic (exact) mass is 330 g/mol. The van der Waals surface area contributed by atoms with Crippen LogP contribution in [0.2, 0.25) is 0 Å². The van der Waals surface area contributed by atoms with Crippen LogP contribution < -0.4 is 10.6 Å². The molecule has 2 rings (SSSR count). The van der Waals surface area contributed by atoms with E-state index < -0.39 is 0 Å². The second-order valence-corrected chi connectivity index (χ2v) is 6.41. The molecule has 0 saturated carbocycles. The molecular formula is C18H26N4O2. The number of aliphatic hydroxyl groups excluding tert-OH is 1. The Morgan fingerprint density at radius 3 is 2.67 bits per heavy atom. The summed E-state index contributed by atoms with van der Waals surface area (Å²) in [6, 6.07) is 5.32. The number of aromatic nitrogens is 2. The minimum atomic E-state index is -0.248. The van der Waals surface area contributed by atoms with Gasteiger partial charge >= 0.3 is 0 Å². The van der Waals surface area contributed by atoms with E-state index in [1.165, 1.54) is 0 Å². The minimum absolute atomic E-state index is 0.0705. The lowest BCUT2D eigenvalue weighted by Crippen LogP contribution is -2.41. The molecule has 1 amide bonds. The SMILES string of the molecule is CCC(C)C(CO)NC(=O)c1ccc2cnc(NC(C)C)nc2c1. The molecule has 0 aliphatic heterocycles. The molecule has 0 aliphatic carbocycles. The van der Waals surface area contributed by atoms with Crippen molar-refractivity contribution in [1.29, 1.82) is 0 Å². The van der Waals surface area contributed by atoms with Crippen molar-refractivity contribution >= 4 is 22.8 Å². The maximum Gasteiger partial charge on any atom is 0.251 e. The van der Waals surface area contributed by atoms with Crippen LogP contribution in [0.15, 0.2) is 24.4 Å². The van der Waals surface area contributed by atoms with Gasteiger partial charge in [-0.25, -0.2) is 9.97 Å². The van der Waals surface area contributed by atoms with Crippen LogP contribution in [0, 0.1) is 5.92 Å². The molecule has 6 heteroatoms. The standard InChI is InChI=1S/C18H26N4O2/c1-5-12(4)16(10-23)21-17(24)13-6-7-14-9-19-18(20-11(2)3)22-15(14)8-13/h6-9,11-12,16,23H,5,10H2,1-4H3,(H,21,24)(H,19,20,22). The zero-order valence-electron chi connectivity index (χ0n) is 14.7. The quantitative estimate of drug-likeness (QED) is 0.726. The Bertz CT molecular complexity index is 702. The van der Waals surface area contributed by atoms with Gasteiger partial charge in [-0.15, -0.1) is 0 Å². The summed E-state index contributed by atoms with van der Waals surface area (Å²) in [4.78, 5) is 21.2. The van der Waals surface area contributed by atoms with Gasteiger partial charge in [0.1, 0.15) is 0 Å². The molecule has 0 saturated heterocycles. The average Bonchev–Trinajstić information content (AvgIpc) is 2.57. The van der Waals surface area contributed by atoms with E-state index in [0.29, 0.717) is 17.0 Å². The summed E-state index contributed by atoms with van der Waals surface area (Å²) in [6.45, 7) is 8.01. The summed E-state index contributed by atoms with van der Waals surface area (Å²) in [5, 5.41) is 16.4. The summed E-state index contributed by atoms with van der Waals surface area (Å²) in [5.41, 5.74) is 1.24. The molecule has 1 aromatic heterocycles. The van der Waals surface area contributed by atoms with Crippen LogP contribution in [-0.4, -0.2) is 39.7 Å². The van der Waals surface area contributed by atoms with E-state index in [4.69, 9.17) is 0 Å². The zero-order valence-corrected chi connectivity index (χ0v) is 14.7. The van der Waals surface area contributed by atoms with Gasteiger partial charge in [0.05, 0.1) is 18.2 Å². The van der Waals surface area contributed by atoms with Gasteiger partial charge in [-0.2, -0.15) is 0 Å². The van der Waals surface area contributed by atoms with E-state index >= 15 is 0 Å². The maximum absolute atomic E-state index is 12.5. The zero-order chi connectivity index (χ0) is 17.7. The largest absolute Gasteiger partial charge is 0.394 e. The number of carbonyl (C=O) groups excluding carboxylic acids is 1. The number of hydrogen-bond donors (Lipinski definition) is 3. The number of amides is 1. The third kappa shape index (κ3) is 4.41. The first-order valence-corrected chi connectivity index (χ1v) is 8.39. The van der Waals surface area contributed by atoms with Crippen molar-refractivity contribution in [3.63, 3.8) is 0 Å². The van der Waals surface area contributed by atoms with Crippen molar-refractivity contribution in [2.45, 2.75) is 46.2 Å². The Kier molecular flexibility index (Phi) is 6.09. The second-order valence-electron chi connectivity index (χ2n) is 6.41. The number of fused-ring (bicyclic) bond motifs is 1. The van der Waals surface area contributed by atoms with E-state index in [2.05, 4.69) is 20.6 Å². The molecule has 0 spiro atoms. The average molecular weight is 330 g/mol. The van der Waals surface area contributed by atoms with Gasteiger partial charge in [-0.05, 0) is 31.9 Å². The lowest BCUT2D eigenvalue weighted by Gasteiger charge is -2.22. The van der Waals surface area contributed by atoms with Crippen molar-refractivity contribution in [2.24, 2.45) is 5.92 Å². The maximum atomic E-state index is 12.5. The first-order valence-electron chi connectivity index (χ1n) is 8.39. The van der Waals surface area contributed by atoms with Crippen molar-refractivity contribution in [3.8, 4) is 0 Å². The predicted molar refractivity (Wildman–Crippen MR) is 96.1 cm³/mol. The molecule has 2 unspecified atom stereocenters. The highest BCUT2D eigenvalue weighted by Crippen LogP contribution is 2.16. The van der Waals surface area contributed by atoms with Crippen LogP contribution in [0.5, 0.6) is 0 Å². The molecule has 2 atom stereocenters. The molecule has 0 radical (unpaired) electrons. The Hall–Kier alpha value is -2.21. The summed E-state index contributed by atoms with van der Waals surface area (Å²) < 4.78 is 0. The van der Waals surface area contributed by atoms with Gasteiger partial charge in [0, 0.05) is 23.2 Å². The van der Waals surface area contributed by atoms with E-state index in [1.54, 1.807) is 18.3 Å². The Labute approximate surface area is 142 Å². The van der Waals surface area contributed by atoms with Crippen LogP contribution in [-0.2, 0) is 0 Å². The first-order chi connectivity index (χ1) is 11.4. The lowest BCUT2D eigenvalue weighted by molar-refractivity contribution is 0.0891. The first kappa shape index (κ1) is 18.1. The van der Waals surface area contributed by atoms with Gasteiger partial charge in [0.25, 0.3) is 5.91 Å². The van der Waals surface area contributed by atoms with Crippen LogP contribution in [0.3, 0.4) is 0 Å². The molecule has 1 heterocycles. The molecule has 2 aromatic rings. The summed E-state index contributed by atoms with van der Waals surface area (Å²) in [6.07, 6.45) is 2.63. The minimum Gasteiger partial charge on any atom is -0.394 e. The third-order valence-electron chi connectivity index (χ3n) is 4.11. The lowest BCUT2D eigenvalue weighted by atomic mass is 9.99. The Morgan fingerprint density at radius 2 is 2.04 bits per heavy atom. The van der Waals surface area contributed by atoms with Crippen molar-refractivity contribution in [1.82, 2.24) is 15.3 Å². The molecule has 130 valence electrons. The van der Waals surface area contributed by atoms with Crippen molar-refractivity contribution < 1.29 is 9.90 Å². The molecule has 6 nitrogen and oxygen atoms in total. The molecule has 3 N–H and O–H groups in total. The normalized spacial score (nSPS) is 13.8. The fraction of sp³-hybridized carbons (Fsp3) is 0.500. The topological polar surface area (TPSA) is 87.1 Å². The van der Waals surface area contributed by atoms with Crippen LogP contribution in [0.4, 0.5) is 5.95 Å². The molecule has 0 fully saturated rings. The molecule has 0 aliphatic rings. The molecular weight excluding hydrogens is 304 g/mol. The van der Waals surface area contributed by atoms with E-state index in [9.17, 15) is 9.90 Å². The van der Waals surface area contributed by atoms with Crippen molar-refractivity contribution in [3.05, 3.63) is 30.0 Å².